The molecule has 2 heterocycles. The molecular formula is C23H30ClN5O5. The second-order valence-electron chi connectivity index (χ2n) is 6.00. The van der Waals surface area contributed by atoms with Crippen molar-refractivity contribution in [3.05, 3.63) is 41.8 Å². The molecule has 0 aliphatic carbocycles. The van der Waals surface area contributed by atoms with Gasteiger partial charge in [-0.25, -0.2) is 15.0 Å². The van der Waals surface area contributed by atoms with E-state index in [4.69, 9.17) is 35.3 Å². The number of halogens is 1. The highest BCUT2D eigenvalue weighted by Gasteiger charge is 2.09. The van der Waals surface area contributed by atoms with Gasteiger partial charge in [-0.2, -0.15) is 0 Å². The highest BCUT2D eigenvalue weighted by molar-refractivity contribution is 6.29. The molecule has 2 N–H and O–H groups in total. The van der Waals surface area contributed by atoms with E-state index in [2.05, 4.69) is 25.7 Å². The van der Waals surface area contributed by atoms with Crippen LogP contribution < -0.4 is 29.4 Å². The molecule has 0 atom stereocenters. The minimum atomic E-state index is 0. The average molecular weight is 492 g/mol. The number of rotatable bonds is 5. The largest absolute Gasteiger partial charge is 0.493 e. The van der Waals surface area contributed by atoms with E-state index in [-0.39, 0.29) is 7.43 Å². The van der Waals surface area contributed by atoms with Crippen LogP contribution in [0.2, 0.25) is 5.15 Å². The van der Waals surface area contributed by atoms with Gasteiger partial charge in [0, 0.05) is 24.3 Å². The van der Waals surface area contributed by atoms with E-state index in [1.54, 1.807) is 66.0 Å². The van der Waals surface area contributed by atoms with Crippen LogP contribution in [0.5, 0.6) is 28.9 Å². The molecule has 0 aliphatic rings. The number of ether oxygens (including phenoxy) is 5. The highest BCUT2D eigenvalue weighted by atomic mass is 35.5. The maximum absolute atomic E-state index is 5.74. The minimum absolute atomic E-state index is 0. The zero-order chi connectivity index (χ0) is 24.4. The molecule has 184 valence electrons. The number of benzene rings is 2. The third-order valence-corrected chi connectivity index (χ3v) is 4.43. The number of hydrogen-bond donors (Lipinski definition) is 1. The van der Waals surface area contributed by atoms with E-state index in [1.165, 1.54) is 13.2 Å². The molecular weight excluding hydrogens is 462 g/mol. The Labute approximate surface area is 204 Å². The van der Waals surface area contributed by atoms with E-state index >= 15 is 0 Å². The van der Waals surface area contributed by atoms with E-state index < -0.39 is 0 Å². The summed E-state index contributed by atoms with van der Waals surface area (Å²) < 4.78 is 25.7. The van der Waals surface area contributed by atoms with Crippen LogP contribution >= 0.6 is 11.6 Å². The predicted molar refractivity (Wildman–Crippen MR) is 134 cm³/mol. The van der Waals surface area contributed by atoms with Crippen LogP contribution in [0.25, 0.3) is 22.1 Å². The van der Waals surface area contributed by atoms with Crippen LogP contribution in [0.3, 0.4) is 0 Å². The third-order valence-electron chi connectivity index (χ3n) is 4.25. The second-order valence-corrected chi connectivity index (χ2v) is 6.38. The van der Waals surface area contributed by atoms with Gasteiger partial charge in [-0.3, -0.25) is 4.98 Å². The molecule has 34 heavy (non-hydrogen) atoms. The van der Waals surface area contributed by atoms with Crippen molar-refractivity contribution in [3.63, 3.8) is 0 Å². The van der Waals surface area contributed by atoms with Crippen LogP contribution in [0.15, 0.2) is 36.7 Å². The molecule has 0 fully saturated rings. The molecule has 0 bridgehead atoms. The Morgan fingerprint density at radius 2 is 0.971 bits per heavy atom. The lowest BCUT2D eigenvalue weighted by molar-refractivity contribution is 0.355. The Morgan fingerprint density at radius 1 is 0.588 bits per heavy atom. The van der Waals surface area contributed by atoms with E-state index in [0.717, 1.165) is 11.0 Å². The molecule has 0 spiro atoms. The van der Waals surface area contributed by atoms with Gasteiger partial charge in [0.25, 0.3) is 0 Å². The summed E-state index contributed by atoms with van der Waals surface area (Å²) in [5.74, 6) is 2.97. The van der Waals surface area contributed by atoms with E-state index in [1.807, 2.05) is 0 Å². The van der Waals surface area contributed by atoms with Gasteiger partial charge in [0.2, 0.25) is 5.88 Å². The highest BCUT2D eigenvalue weighted by Crippen LogP contribution is 2.31. The average Bonchev–Trinajstić information content (AvgIpc) is 2.87. The van der Waals surface area contributed by atoms with Crippen LogP contribution in [0.1, 0.15) is 7.43 Å². The maximum Gasteiger partial charge on any atom is 0.232 e. The number of hydrogen-bond acceptors (Lipinski definition) is 10. The Morgan fingerprint density at radius 3 is 1.38 bits per heavy atom. The summed E-state index contributed by atoms with van der Waals surface area (Å²) in [5.41, 5.74) is 7.34. The van der Waals surface area contributed by atoms with Crippen molar-refractivity contribution < 1.29 is 23.7 Å². The fourth-order valence-corrected chi connectivity index (χ4v) is 2.88. The van der Waals surface area contributed by atoms with Crippen molar-refractivity contribution in [3.8, 4) is 28.9 Å². The Bertz CT molecular complexity index is 1210. The summed E-state index contributed by atoms with van der Waals surface area (Å²) in [6.45, 7) is 0. The Balaban J connectivity index is 0.000000309. The first kappa shape index (κ1) is 28.4. The number of methoxy groups -OCH3 is 5. The summed E-state index contributed by atoms with van der Waals surface area (Å²) >= 11 is 5.74. The van der Waals surface area contributed by atoms with Gasteiger partial charge in [-0.1, -0.05) is 19.0 Å². The number of nitrogens with two attached hydrogens (primary N) is 1. The molecule has 11 heteroatoms. The van der Waals surface area contributed by atoms with Crippen molar-refractivity contribution in [1.82, 2.24) is 19.9 Å². The normalized spacial score (nSPS) is 9.53. The van der Waals surface area contributed by atoms with Crippen molar-refractivity contribution in [1.29, 1.82) is 0 Å². The van der Waals surface area contributed by atoms with Crippen LogP contribution in [-0.4, -0.2) is 62.5 Å². The molecule has 0 amide bonds. The third kappa shape index (κ3) is 6.69. The number of nitrogens with zero attached hydrogens (tertiary/aromatic N) is 4. The number of aromatic nitrogens is 4. The molecule has 2 aromatic heterocycles. The molecule has 0 saturated heterocycles. The molecule has 4 rings (SSSR count). The Hall–Kier alpha value is -3.63. The molecule has 0 unspecified atom stereocenters. The summed E-state index contributed by atoms with van der Waals surface area (Å²) in [6.07, 6.45) is 3.06. The first-order chi connectivity index (χ1) is 16.0. The van der Waals surface area contributed by atoms with Crippen LogP contribution in [-0.2, 0) is 0 Å². The zero-order valence-electron chi connectivity index (χ0n) is 19.2. The Kier molecular flexibility index (Phi) is 11.5. The smallest absolute Gasteiger partial charge is 0.232 e. The SMILES string of the molecule is C.CN.COc1cc2ncc(Cl)nc2cc1OC.COc1cnc2cc(OC)c(OC)cc2n1. The first-order valence-corrected chi connectivity index (χ1v) is 9.95. The summed E-state index contributed by atoms with van der Waals surface area (Å²) in [4.78, 5) is 16.7. The topological polar surface area (TPSA) is 124 Å². The molecule has 10 nitrogen and oxygen atoms in total. The maximum atomic E-state index is 5.74. The van der Waals surface area contributed by atoms with Gasteiger partial charge in [0.1, 0.15) is 5.15 Å². The van der Waals surface area contributed by atoms with Crippen molar-refractivity contribution in [2.45, 2.75) is 7.43 Å². The van der Waals surface area contributed by atoms with Crippen molar-refractivity contribution in [2.24, 2.45) is 5.73 Å². The summed E-state index contributed by atoms with van der Waals surface area (Å²) in [6, 6.07) is 7.05. The van der Waals surface area contributed by atoms with Crippen LogP contribution in [0.4, 0.5) is 0 Å². The van der Waals surface area contributed by atoms with E-state index in [0.29, 0.717) is 45.1 Å². The molecule has 2 aromatic carbocycles. The number of fused-ring (bicyclic) bond motifs is 2. The quantitative estimate of drug-likeness (QED) is 0.435. The van der Waals surface area contributed by atoms with Crippen molar-refractivity contribution >= 4 is 33.7 Å². The van der Waals surface area contributed by atoms with Gasteiger partial charge >= 0.3 is 0 Å². The molecule has 0 saturated carbocycles. The van der Waals surface area contributed by atoms with Gasteiger partial charge in [-0.15, -0.1) is 0 Å². The van der Waals surface area contributed by atoms with E-state index in [9.17, 15) is 0 Å². The van der Waals surface area contributed by atoms with Gasteiger partial charge < -0.3 is 29.4 Å². The zero-order valence-corrected chi connectivity index (χ0v) is 20.0. The summed E-state index contributed by atoms with van der Waals surface area (Å²) in [7, 11) is 9.36. The monoisotopic (exact) mass is 491 g/mol. The fourth-order valence-electron chi connectivity index (χ4n) is 2.74. The molecule has 4 aromatic rings. The lowest BCUT2D eigenvalue weighted by atomic mass is 10.2. The molecule has 0 aliphatic heterocycles. The predicted octanol–water partition coefficient (Wildman–Crippen LogP) is 4.17. The van der Waals surface area contributed by atoms with Gasteiger partial charge in [0.05, 0.1) is 70.0 Å². The standard InChI is InChI=1S/C11H12N2O3.C10H9ClN2O2.CH5N.CH4/c1-14-9-4-7-8(5-10(9)15-2)13-11(16-3)6-12-7;1-14-8-3-6-7(4-9(8)15-2)13-10(11)5-12-6;1-2;/h4-6H,1-3H3;3-5H,1-2H3;2H2,1H3;1H4. The minimum Gasteiger partial charge on any atom is -0.493 e. The van der Waals surface area contributed by atoms with Gasteiger partial charge in [0.15, 0.2) is 23.0 Å². The lowest BCUT2D eigenvalue weighted by Gasteiger charge is -2.08. The summed E-state index contributed by atoms with van der Waals surface area (Å²) in [5, 5.41) is 0.356. The lowest BCUT2D eigenvalue weighted by Crippen LogP contribution is -1.94. The van der Waals surface area contributed by atoms with Crippen LogP contribution in [0, 0.1) is 0 Å². The van der Waals surface area contributed by atoms with Gasteiger partial charge in [-0.05, 0) is 7.05 Å². The molecule has 0 radical (unpaired) electrons. The van der Waals surface area contributed by atoms with Crippen molar-refractivity contribution in [2.75, 3.05) is 42.6 Å². The fraction of sp³-hybridized carbons (Fsp3) is 0.304. The first-order valence-electron chi connectivity index (χ1n) is 9.57. The second kappa shape index (κ2) is 13.8.